The smallest absolute Gasteiger partial charge is 0.339 e. The van der Waals surface area contributed by atoms with Gasteiger partial charge < -0.3 is 14.7 Å². The fraction of sp³-hybridized carbons (Fsp3) is 0.417. The number of carbonyl (C=O) groups is 1. The number of hydrogen-bond donors (Lipinski definition) is 1. The number of carboxylic acids is 1. The van der Waals surface area contributed by atoms with Crippen LogP contribution in [0.3, 0.4) is 0 Å². The van der Waals surface area contributed by atoms with Gasteiger partial charge in [-0.3, -0.25) is 0 Å². The van der Waals surface area contributed by atoms with E-state index in [9.17, 15) is 4.79 Å². The molecule has 0 radical (unpaired) electrons. The van der Waals surface area contributed by atoms with E-state index >= 15 is 0 Å². The Morgan fingerprint density at radius 3 is 2.75 bits per heavy atom. The van der Waals surface area contributed by atoms with Crippen LogP contribution in [0.5, 0.6) is 5.75 Å². The van der Waals surface area contributed by atoms with Crippen LogP contribution in [0.1, 0.15) is 23.7 Å². The number of anilines is 1. The average molecular weight is 221 g/mol. The minimum absolute atomic E-state index is 0.208. The van der Waals surface area contributed by atoms with Crippen LogP contribution >= 0.6 is 0 Å². The summed E-state index contributed by atoms with van der Waals surface area (Å²) < 4.78 is 5.09. The second-order valence-electron chi connectivity index (χ2n) is 4.02. The first-order valence-electron chi connectivity index (χ1n) is 5.31. The van der Waals surface area contributed by atoms with E-state index in [2.05, 4.69) is 11.8 Å². The van der Waals surface area contributed by atoms with Crippen molar-refractivity contribution in [1.29, 1.82) is 0 Å². The molecule has 0 amide bonds. The van der Waals surface area contributed by atoms with E-state index in [-0.39, 0.29) is 5.56 Å². The Hall–Kier alpha value is -1.71. The molecule has 1 aromatic rings. The van der Waals surface area contributed by atoms with E-state index in [0.717, 1.165) is 12.2 Å². The Bertz CT molecular complexity index is 417. The number of methoxy groups -OCH3 is 1. The van der Waals surface area contributed by atoms with Crippen molar-refractivity contribution in [2.75, 3.05) is 18.6 Å². The summed E-state index contributed by atoms with van der Waals surface area (Å²) in [6.07, 6.45) is 1.18. The molecule has 0 aromatic heterocycles. The van der Waals surface area contributed by atoms with Crippen LogP contribution < -0.4 is 9.64 Å². The van der Waals surface area contributed by atoms with Gasteiger partial charge in [0, 0.05) is 24.3 Å². The van der Waals surface area contributed by atoms with Crippen molar-refractivity contribution in [2.24, 2.45) is 0 Å². The summed E-state index contributed by atoms with van der Waals surface area (Å²) in [7, 11) is 1.49. The number of nitrogens with zero attached hydrogens (tertiary/aromatic N) is 1. The van der Waals surface area contributed by atoms with Crippen LogP contribution in [0.25, 0.3) is 0 Å². The lowest BCUT2D eigenvalue weighted by Crippen LogP contribution is -2.45. The SMILES string of the molecule is COc1cc(N2CCC2C)ccc1C(=O)O. The van der Waals surface area contributed by atoms with Gasteiger partial charge in [-0.2, -0.15) is 0 Å². The maximum Gasteiger partial charge on any atom is 0.339 e. The average Bonchev–Trinajstić information content (AvgIpc) is 2.26. The van der Waals surface area contributed by atoms with E-state index in [1.54, 1.807) is 12.1 Å². The summed E-state index contributed by atoms with van der Waals surface area (Å²) in [4.78, 5) is 13.1. The Labute approximate surface area is 94.4 Å². The predicted molar refractivity (Wildman–Crippen MR) is 61.4 cm³/mol. The van der Waals surface area contributed by atoms with E-state index in [1.165, 1.54) is 13.5 Å². The fourth-order valence-electron chi connectivity index (χ4n) is 1.94. The lowest BCUT2D eigenvalue weighted by atomic mass is 10.0. The van der Waals surface area contributed by atoms with Crippen molar-refractivity contribution >= 4 is 11.7 Å². The van der Waals surface area contributed by atoms with Crippen LogP contribution in [0.2, 0.25) is 0 Å². The van der Waals surface area contributed by atoms with Gasteiger partial charge in [-0.1, -0.05) is 0 Å². The highest BCUT2D eigenvalue weighted by atomic mass is 16.5. The minimum Gasteiger partial charge on any atom is -0.496 e. The lowest BCUT2D eigenvalue weighted by molar-refractivity contribution is 0.0693. The molecule has 0 bridgehead atoms. The maximum atomic E-state index is 10.9. The molecule has 1 fully saturated rings. The van der Waals surface area contributed by atoms with Crippen LogP contribution in [-0.4, -0.2) is 30.8 Å². The van der Waals surface area contributed by atoms with Crippen LogP contribution in [0, 0.1) is 0 Å². The molecule has 86 valence electrons. The second kappa shape index (κ2) is 4.04. The van der Waals surface area contributed by atoms with Crippen LogP contribution in [0.4, 0.5) is 5.69 Å². The van der Waals surface area contributed by atoms with E-state index in [0.29, 0.717) is 11.8 Å². The predicted octanol–water partition coefficient (Wildman–Crippen LogP) is 1.99. The zero-order valence-corrected chi connectivity index (χ0v) is 9.43. The van der Waals surface area contributed by atoms with Crippen LogP contribution in [0.15, 0.2) is 18.2 Å². The molecule has 2 rings (SSSR count). The third-order valence-electron chi connectivity index (χ3n) is 3.07. The topological polar surface area (TPSA) is 49.8 Å². The maximum absolute atomic E-state index is 10.9. The standard InChI is InChI=1S/C12H15NO3/c1-8-5-6-13(8)9-3-4-10(12(14)15)11(7-9)16-2/h3-4,7-8H,5-6H2,1-2H3,(H,14,15). The molecular weight excluding hydrogens is 206 g/mol. The van der Waals surface area contributed by atoms with Crippen molar-refractivity contribution < 1.29 is 14.6 Å². The highest BCUT2D eigenvalue weighted by Gasteiger charge is 2.24. The lowest BCUT2D eigenvalue weighted by Gasteiger charge is -2.41. The minimum atomic E-state index is -0.958. The number of aromatic carboxylic acids is 1. The summed E-state index contributed by atoms with van der Waals surface area (Å²) in [5.74, 6) is -0.538. The molecule has 1 heterocycles. The van der Waals surface area contributed by atoms with Gasteiger partial charge in [0.25, 0.3) is 0 Å². The zero-order chi connectivity index (χ0) is 11.7. The quantitative estimate of drug-likeness (QED) is 0.848. The molecule has 1 unspecified atom stereocenters. The van der Waals surface area contributed by atoms with Gasteiger partial charge in [0.05, 0.1) is 7.11 Å². The fourth-order valence-corrected chi connectivity index (χ4v) is 1.94. The number of hydrogen-bond acceptors (Lipinski definition) is 3. The normalized spacial score (nSPS) is 19.1. The second-order valence-corrected chi connectivity index (χ2v) is 4.02. The highest BCUT2D eigenvalue weighted by molar-refractivity contribution is 5.91. The van der Waals surface area contributed by atoms with E-state index in [4.69, 9.17) is 9.84 Å². The molecule has 1 aromatic carbocycles. The molecule has 0 aliphatic carbocycles. The highest BCUT2D eigenvalue weighted by Crippen LogP contribution is 2.31. The van der Waals surface area contributed by atoms with Crippen molar-refractivity contribution in [3.63, 3.8) is 0 Å². The van der Waals surface area contributed by atoms with Crippen molar-refractivity contribution in [1.82, 2.24) is 0 Å². The third kappa shape index (κ3) is 1.71. The summed E-state index contributed by atoms with van der Waals surface area (Å²) in [5.41, 5.74) is 1.24. The molecule has 1 aliphatic rings. The van der Waals surface area contributed by atoms with Gasteiger partial charge in [0.1, 0.15) is 11.3 Å². The molecule has 1 saturated heterocycles. The Morgan fingerprint density at radius 2 is 2.31 bits per heavy atom. The summed E-state index contributed by atoms with van der Waals surface area (Å²) >= 11 is 0. The Morgan fingerprint density at radius 1 is 1.56 bits per heavy atom. The first kappa shape index (κ1) is 10.8. The molecule has 1 aliphatic heterocycles. The number of carboxylic acid groups (broad SMARTS) is 1. The van der Waals surface area contributed by atoms with Crippen molar-refractivity contribution in [3.05, 3.63) is 23.8 Å². The first-order chi connectivity index (χ1) is 7.63. The Kier molecular flexibility index (Phi) is 2.73. The summed E-state index contributed by atoms with van der Waals surface area (Å²) in [6.45, 7) is 3.18. The third-order valence-corrected chi connectivity index (χ3v) is 3.07. The van der Waals surface area contributed by atoms with Crippen molar-refractivity contribution in [2.45, 2.75) is 19.4 Å². The molecule has 0 spiro atoms. The van der Waals surface area contributed by atoms with Gasteiger partial charge in [-0.05, 0) is 25.5 Å². The van der Waals surface area contributed by atoms with Gasteiger partial charge in [-0.15, -0.1) is 0 Å². The summed E-state index contributed by atoms with van der Waals surface area (Å²) in [5, 5.41) is 8.96. The van der Waals surface area contributed by atoms with E-state index < -0.39 is 5.97 Å². The summed E-state index contributed by atoms with van der Waals surface area (Å²) in [6, 6.07) is 5.75. The molecule has 16 heavy (non-hydrogen) atoms. The van der Waals surface area contributed by atoms with E-state index in [1.807, 2.05) is 6.07 Å². The number of rotatable bonds is 3. The largest absolute Gasteiger partial charge is 0.496 e. The monoisotopic (exact) mass is 221 g/mol. The number of ether oxygens (including phenoxy) is 1. The molecule has 4 heteroatoms. The molecule has 1 atom stereocenters. The molecule has 0 saturated carbocycles. The van der Waals surface area contributed by atoms with Gasteiger partial charge in [-0.25, -0.2) is 4.79 Å². The number of benzene rings is 1. The van der Waals surface area contributed by atoms with Crippen LogP contribution in [-0.2, 0) is 0 Å². The van der Waals surface area contributed by atoms with Gasteiger partial charge >= 0.3 is 5.97 Å². The zero-order valence-electron chi connectivity index (χ0n) is 9.43. The Balaban J connectivity index is 2.33. The molecular formula is C12H15NO3. The van der Waals surface area contributed by atoms with Gasteiger partial charge in [0.15, 0.2) is 0 Å². The first-order valence-corrected chi connectivity index (χ1v) is 5.31. The van der Waals surface area contributed by atoms with Gasteiger partial charge in [0.2, 0.25) is 0 Å². The van der Waals surface area contributed by atoms with Crippen molar-refractivity contribution in [3.8, 4) is 5.75 Å². The molecule has 4 nitrogen and oxygen atoms in total. The molecule has 1 N–H and O–H groups in total.